The molecule has 0 bridgehead atoms. The Kier molecular flexibility index (Phi) is 2.44. The van der Waals surface area contributed by atoms with E-state index in [-0.39, 0.29) is 16.7 Å². The minimum absolute atomic E-state index is 0.000358. The molecule has 8 nitrogen and oxygen atoms in total. The van der Waals surface area contributed by atoms with Crippen molar-refractivity contribution in [2.75, 3.05) is 10.5 Å². The first kappa shape index (κ1) is 10.4. The van der Waals surface area contributed by atoms with E-state index in [1.165, 1.54) is 12.3 Å². The maximum atomic E-state index is 11.7. The first-order chi connectivity index (χ1) is 7.58. The molecule has 9 heteroatoms. The van der Waals surface area contributed by atoms with Gasteiger partial charge in [0.05, 0.1) is 12.4 Å². The molecule has 0 aliphatic carbocycles. The van der Waals surface area contributed by atoms with Gasteiger partial charge in [0.15, 0.2) is 5.82 Å². The summed E-state index contributed by atoms with van der Waals surface area (Å²) in [5.41, 5.74) is 5.24. The highest BCUT2D eigenvalue weighted by Gasteiger charge is 2.16. The number of nitrogens with zero attached hydrogens (tertiary/aromatic N) is 3. The third kappa shape index (κ3) is 2.08. The van der Waals surface area contributed by atoms with Gasteiger partial charge in [-0.3, -0.25) is 4.72 Å². The van der Waals surface area contributed by atoms with Crippen molar-refractivity contribution in [1.82, 2.24) is 15.1 Å². The molecule has 0 amide bonds. The van der Waals surface area contributed by atoms with Crippen molar-refractivity contribution in [2.45, 2.75) is 4.90 Å². The predicted molar refractivity (Wildman–Crippen MR) is 53.8 cm³/mol. The summed E-state index contributed by atoms with van der Waals surface area (Å²) >= 11 is 0. The van der Waals surface area contributed by atoms with Crippen molar-refractivity contribution < 1.29 is 12.9 Å². The highest BCUT2D eigenvalue weighted by Crippen LogP contribution is 2.12. The number of sulfonamides is 1. The highest BCUT2D eigenvalue weighted by atomic mass is 32.2. The molecular weight excluding hydrogens is 234 g/mol. The summed E-state index contributed by atoms with van der Waals surface area (Å²) in [6, 6.07) is 1.37. The molecule has 0 aromatic carbocycles. The third-order valence-electron chi connectivity index (χ3n) is 1.64. The number of hydrogen-bond donors (Lipinski definition) is 2. The minimum atomic E-state index is -3.75. The van der Waals surface area contributed by atoms with Crippen LogP contribution in [0, 0.1) is 0 Å². The number of rotatable bonds is 3. The van der Waals surface area contributed by atoms with Crippen LogP contribution in [0.3, 0.4) is 0 Å². The van der Waals surface area contributed by atoms with E-state index in [4.69, 9.17) is 5.73 Å². The molecule has 2 heterocycles. The van der Waals surface area contributed by atoms with E-state index in [1.807, 2.05) is 0 Å². The van der Waals surface area contributed by atoms with E-state index in [1.54, 1.807) is 0 Å². The highest BCUT2D eigenvalue weighted by molar-refractivity contribution is 7.92. The first-order valence-corrected chi connectivity index (χ1v) is 5.57. The molecule has 0 saturated carbocycles. The van der Waals surface area contributed by atoms with Crippen molar-refractivity contribution in [2.24, 2.45) is 0 Å². The first-order valence-electron chi connectivity index (χ1n) is 4.09. The van der Waals surface area contributed by atoms with Crippen LogP contribution in [0.1, 0.15) is 0 Å². The lowest BCUT2D eigenvalue weighted by molar-refractivity contribution is 0.423. The van der Waals surface area contributed by atoms with Crippen LogP contribution in [-0.2, 0) is 10.0 Å². The molecule has 84 valence electrons. The predicted octanol–water partition coefficient (Wildman–Crippen LogP) is -0.152. The molecule has 0 spiro atoms. The van der Waals surface area contributed by atoms with Crippen molar-refractivity contribution in [3.05, 3.63) is 24.7 Å². The standard InChI is InChI=1S/C7H7N5O3S/c8-7-9-3-5(4-10-7)16(13,14)12-6-1-2-15-11-6/h1-4H,(H,11,12)(H2,8,9,10). The molecule has 0 saturated heterocycles. The van der Waals surface area contributed by atoms with Gasteiger partial charge in [0, 0.05) is 6.07 Å². The molecule has 0 aliphatic heterocycles. The monoisotopic (exact) mass is 241 g/mol. The fraction of sp³-hybridized carbons (Fsp3) is 0. The van der Waals surface area contributed by atoms with Gasteiger partial charge in [-0.1, -0.05) is 5.16 Å². The van der Waals surface area contributed by atoms with Gasteiger partial charge in [-0.15, -0.1) is 0 Å². The van der Waals surface area contributed by atoms with E-state index in [9.17, 15) is 8.42 Å². The average Bonchev–Trinajstić information content (AvgIpc) is 2.70. The summed E-state index contributed by atoms with van der Waals surface area (Å²) in [6.45, 7) is 0. The Morgan fingerprint density at radius 3 is 2.56 bits per heavy atom. The Labute approximate surface area is 90.5 Å². The zero-order valence-electron chi connectivity index (χ0n) is 7.86. The molecule has 0 fully saturated rings. The topological polar surface area (TPSA) is 124 Å². The molecule has 0 aliphatic rings. The fourth-order valence-corrected chi connectivity index (χ4v) is 1.81. The smallest absolute Gasteiger partial charge is 0.266 e. The molecule has 0 unspecified atom stereocenters. The van der Waals surface area contributed by atoms with Crippen molar-refractivity contribution in [3.8, 4) is 0 Å². The van der Waals surface area contributed by atoms with E-state index >= 15 is 0 Å². The molecule has 3 N–H and O–H groups in total. The zero-order chi connectivity index (χ0) is 11.6. The summed E-state index contributed by atoms with van der Waals surface area (Å²) in [6.07, 6.45) is 3.45. The maximum absolute atomic E-state index is 11.7. The average molecular weight is 241 g/mol. The maximum Gasteiger partial charge on any atom is 0.266 e. The van der Waals surface area contributed by atoms with Crippen LogP contribution in [0.2, 0.25) is 0 Å². The number of hydrogen-bond acceptors (Lipinski definition) is 7. The van der Waals surface area contributed by atoms with Gasteiger partial charge in [0.1, 0.15) is 11.2 Å². The van der Waals surface area contributed by atoms with E-state index in [0.717, 1.165) is 12.4 Å². The van der Waals surface area contributed by atoms with Crippen LogP contribution in [0.15, 0.2) is 34.1 Å². The van der Waals surface area contributed by atoms with Crippen LogP contribution in [0.5, 0.6) is 0 Å². The van der Waals surface area contributed by atoms with E-state index < -0.39 is 10.0 Å². The van der Waals surface area contributed by atoms with Gasteiger partial charge >= 0.3 is 0 Å². The van der Waals surface area contributed by atoms with Gasteiger partial charge in [0.2, 0.25) is 5.95 Å². The summed E-state index contributed by atoms with van der Waals surface area (Å²) in [5.74, 6) is 0.0808. The lowest BCUT2D eigenvalue weighted by Crippen LogP contribution is -2.14. The van der Waals surface area contributed by atoms with Crippen LogP contribution in [0.25, 0.3) is 0 Å². The Morgan fingerprint density at radius 2 is 2.00 bits per heavy atom. The Bertz CT molecular complexity index is 563. The lowest BCUT2D eigenvalue weighted by atomic mass is 10.7. The van der Waals surface area contributed by atoms with Crippen molar-refractivity contribution in [1.29, 1.82) is 0 Å². The fourth-order valence-electron chi connectivity index (χ4n) is 0.927. The van der Waals surface area contributed by atoms with Gasteiger partial charge < -0.3 is 10.3 Å². The molecule has 0 radical (unpaired) electrons. The van der Waals surface area contributed by atoms with Crippen LogP contribution >= 0.6 is 0 Å². The number of nitrogens with one attached hydrogen (secondary N) is 1. The summed E-state index contributed by atoms with van der Waals surface area (Å²) in [4.78, 5) is 7.05. The second-order valence-corrected chi connectivity index (χ2v) is 4.45. The Hall–Kier alpha value is -2.16. The number of nitrogens with two attached hydrogens (primary N) is 1. The third-order valence-corrected chi connectivity index (χ3v) is 2.94. The van der Waals surface area contributed by atoms with Crippen molar-refractivity contribution in [3.63, 3.8) is 0 Å². The number of anilines is 2. The Morgan fingerprint density at radius 1 is 1.31 bits per heavy atom. The van der Waals surface area contributed by atoms with Gasteiger partial charge in [-0.05, 0) is 0 Å². The number of aromatic nitrogens is 3. The normalized spacial score (nSPS) is 11.2. The molecule has 2 rings (SSSR count). The quantitative estimate of drug-likeness (QED) is 0.765. The summed E-state index contributed by atoms with van der Waals surface area (Å²) < 4.78 is 30.1. The zero-order valence-corrected chi connectivity index (χ0v) is 8.68. The van der Waals surface area contributed by atoms with Gasteiger partial charge in [-0.25, -0.2) is 18.4 Å². The second kappa shape index (κ2) is 3.77. The molecule has 2 aromatic heterocycles. The van der Waals surface area contributed by atoms with Crippen molar-refractivity contribution >= 4 is 21.8 Å². The van der Waals surface area contributed by atoms with E-state index in [2.05, 4.69) is 24.4 Å². The summed E-state index contributed by atoms with van der Waals surface area (Å²) in [5, 5.41) is 3.41. The second-order valence-electron chi connectivity index (χ2n) is 2.77. The number of nitrogen functional groups attached to an aromatic ring is 1. The van der Waals surface area contributed by atoms with Gasteiger partial charge in [0.25, 0.3) is 10.0 Å². The lowest BCUT2D eigenvalue weighted by Gasteiger charge is -2.03. The molecular formula is C7H7N5O3S. The largest absolute Gasteiger partial charge is 0.368 e. The van der Waals surface area contributed by atoms with Crippen LogP contribution < -0.4 is 10.5 Å². The Balaban J connectivity index is 2.29. The van der Waals surface area contributed by atoms with Gasteiger partial charge in [-0.2, -0.15) is 0 Å². The molecule has 0 atom stereocenters. The minimum Gasteiger partial charge on any atom is -0.368 e. The van der Waals surface area contributed by atoms with E-state index in [0.29, 0.717) is 0 Å². The molecule has 2 aromatic rings. The summed E-state index contributed by atoms with van der Waals surface area (Å²) in [7, 11) is -3.75. The SMILES string of the molecule is Nc1ncc(S(=O)(=O)Nc2ccon2)cn1. The van der Waals surface area contributed by atoms with Crippen LogP contribution in [-0.4, -0.2) is 23.5 Å². The molecule has 16 heavy (non-hydrogen) atoms. The van der Waals surface area contributed by atoms with Crippen LogP contribution in [0.4, 0.5) is 11.8 Å².